The molecule has 4 nitrogen and oxygen atoms in total. The van der Waals surface area contributed by atoms with Crippen molar-refractivity contribution in [3.8, 4) is 5.75 Å². The number of piperazine rings is 1. The number of carbonyl (C=O) groups is 1. The summed E-state index contributed by atoms with van der Waals surface area (Å²) in [5.74, 6) is 0.601. The topological polar surface area (TPSA) is 32.8 Å². The highest BCUT2D eigenvalue weighted by Gasteiger charge is 2.26. The lowest BCUT2D eigenvalue weighted by Crippen LogP contribution is -2.52. The molecule has 1 aliphatic rings. The molecular formula is C19H20Cl2N2O2. The predicted molar refractivity (Wildman–Crippen MR) is 102 cm³/mol. The third kappa shape index (κ3) is 4.59. The summed E-state index contributed by atoms with van der Waals surface area (Å²) in [5, 5.41) is 1.32. The van der Waals surface area contributed by atoms with Gasteiger partial charge in [0, 0.05) is 41.9 Å². The minimum absolute atomic E-state index is 0.00395. The molecule has 0 aliphatic carbocycles. The zero-order valence-electron chi connectivity index (χ0n) is 14.0. The highest BCUT2D eigenvalue weighted by Crippen LogP contribution is 2.21. The highest BCUT2D eigenvalue weighted by molar-refractivity contribution is 6.30. The third-order valence-electron chi connectivity index (χ3n) is 4.24. The molecule has 3 rings (SSSR count). The summed E-state index contributed by atoms with van der Waals surface area (Å²) in [6.45, 7) is 4.69. The number of hydrogen-bond acceptors (Lipinski definition) is 3. The van der Waals surface area contributed by atoms with Crippen LogP contribution in [0.5, 0.6) is 5.75 Å². The van der Waals surface area contributed by atoms with Gasteiger partial charge in [-0.2, -0.15) is 0 Å². The first-order valence-corrected chi connectivity index (χ1v) is 9.00. The number of nitrogens with zero attached hydrogens (tertiary/aromatic N) is 2. The van der Waals surface area contributed by atoms with Gasteiger partial charge in [-0.05, 0) is 49.4 Å². The van der Waals surface area contributed by atoms with E-state index in [0.717, 1.165) is 23.8 Å². The van der Waals surface area contributed by atoms with E-state index in [1.165, 1.54) is 0 Å². The lowest BCUT2D eigenvalue weighted by Gasteiger charge is -2.37. The van der Waals surface area contributed by atoms with Gasteiger partial charge >= 0.3 is 0 Å². The summed E-state index contributed by atoms with van der Waals surface area (Å²) >= 11 is 11.9. The Balaban J connectivity index is 1.54. The first-order valence-electron chi connectivity index (χ1n) is 8.24. The molecule has 0 unspecified atom stereocenters. The van der Waals surface area contributed by atoms with Gasteiger partial charge in [0.15, 0.2) is 6.10 Å². The fourth-order valence-corrected chi connectivity index (χ4v) is 3.20. The van der Waals surface area contributed by atoms with E-state index in [-0.39, 0.29) is 5.91 Å². The SMILES string of the molecule is C[C@H](Oc1cccc(Cl)c1)C(=O)N1CCN(c2ccc(Cl)cc2)CC1. The second kappa shape index (κ2) is 7.98. The Morgan fingerprint density at radius 3 is 2.32 bits per heavy atom. The molecule has 6 heteroatoms. The maximum absolute atomic E-state index is 12.6. The van der Waals surface area contributed by atoms with Gasteiger partial charge in [0.05, 0.1) is 0 Å². The number of amides is 1. The van der Waals surface area contributed by atoms with Crippen LogP contribution in [-0.2, 0) is 4.79 Å². The molecule has 1 aliphatic heterocycles. The van der Waals surface area contributed by atoms with Crippen LogP contribution in [0.15, 0.2) is 48.5 Å². The standard InChI is InChI=1S/C19H20Cl2N2O2/c1-14(25-18-4-2-3-16(21)13-18)19(24)23-11-9-22(10-12-23)17-7-5-15(20)6-8-17/h2-8,13-14H,9-12H2,1H3/t14-/m0/s1. The number of halogens is 2. The molecule has 0 spiro atoms. The number of rotatable bonds is 4. The quantitative estimate of drug-likeness (QED) is 0.802. The van der Waals surface area contributed by atoms with Crippen molar-refractivity contribution in [2.24, 2.45) is 0 Å². The Kier molecular flexibility index (Phi) is 5.71. The van der Waals surface area contributed by atoms with Crippen LogP contribution in [0.2, 0.25) is 10.0 Å². The van der Waals surface area contributed by atoms with E-state index in [9.17, 15) is 4.79 Å². The summed E-state index contributed by atoms with van der Waals surface area (Å²) in [7, 11) is 0. The summed E-state index contributed by atoms with van der Waals surface area (Å²) in [5.41, 5.74) is 1.12. The molecular weight excluding hydrogens is 359 g/mol. The van der Waals surface area contributed by atoms with Crippen LogP contribution in [0.1, 0.15) is 6.92 Å². The summed E-state index contributed by atoms with van der Waals surface area (Å²) < 4.78 is 5.73. The lowest BCUT2D eigenvalue weighted by molar-refractivity contribution is -0.138. The number of benzene rings is 2. The normalized spacial score (nSPS) is 15.8. The molecule has 0 aromatic heterocycles. The van der Waals surface area contributed by atoms with Crippen molar-refractivity contribution >= 4 is 34.8 Å². The van der Waals surface area contributed by atoms with E-state index < -0.39 is 6.10 Å². The van der Waals surface area contributed by atoms with Gasteiger partial charge in [0.2, 0.25) is 0 Å². The van der Waals surface area contributed by atoms with Crippen LogP contribution < -0.4 is 9.64 Å². The molecule has 25 heavy (non-hydrogen) atoms. The Hall–Kier alpha value is -1.91. The van der Waals surface area contributed by atoms with Crippen molar-refractivity contribution in [3.63, 3.8) is 0 Å². The summed E-state index contributed by atoms with van der Waals surface area (Å²) in [6.07, 6.45) is -0.541. The summed E-state index contributed by atoms with van der Waals surface area (Å²) in [6, 6.07) is 14.9. The minimum atomic E-state index is -0.541. The molecule has 0 bridgehead atoms. The van der Waals surface area contributed by atoms with Gasteiger partial charge in [-0.15, -0.1) is 0 Å². The monoisotopic (exact) mass is 378 g/mol. The average Bonchev–Trinajstić information content (AvgIpc) is 2.62. The molecule has 0 radical (unpaired) electrons. The molecule has 1 heterocycles. The Labute approximate surface area is 157 Å². The Bertz CT molecular complexity index is 728. The lowest BCUT2D eigenvalue weighted by atomic mass is 10.2. The predicted octanol–water partition coefficient (Wildman–Crippen LogP) is 4.11. The first kappa shape index (κ1) is 17.9. The van der Waals surface area contributed by atoms with Crippen LogP contribution in [0.3, 0.4) is 0 Å². The second-order valence-corrected chi connectivity index (χ2v) is 6.88. The van der Waals surface area contributed by atoms with Gasteiger partial charge in [0.1, 0.15) is 5.75 Å². The Morgan fingerprint density at radius 1 is 1.00 bits per heavy atom. The molecule has 0 saturated carbocycles. The first-order chi connectivity index (χ1) is 12.0. The molecule has 2 aromatic rings. The number of carbonyl (C=O) groups excluding carboxylic acids is 1. The van der Waals surface area contributed by atoms with Crippen LogP contribution in [0, 0.1) is 0 Å². The maximum atomic E-state index is 12.6. The van der Waals surface area contributed by atoms with Crippen LogP contribution >= 0.6 is 23.2 Å². The van der Waals surface area contributed by atoms with Gasteiger partial charge in [-0.3, -0.25) is 4.79 Å². The smallest absolute Gasteiger partial charge is 0.263 e. The van der Waals surface area contributed by atoms with E-state index in [0.29, 0.717) is 23.9 Å². The van der Waals surface area contributed by atoms with Crippen molar-refractivity contribution in [2.75, 3.05) is 31.1 Å². The minimum Gasteiger partial charge on any atom is -0.481 e. The summed E-state index contributed by atoms with van der Waals surface area (Å²) in [4.78, 5) is 16.7. The van der Waals surface area contributed by atoms with E-state index in [2.05, 4.69) is 4.90 Å². The molecule has 1 amide bonds. The molecule has 0 N–H and O–H groups in total. The zero-order valence-corrected chi connectivity index (χ0v) is 15.5. The van der Waals surface area contributed by atoms with Gasteiger partial charge < -0.3 is 14.5 Å². The second-order valence-electron chi connectivity index (χ2n) is 6.01. The zero-order chi connectivity index (χ0) is 17.8. The van der Waals surface area contributed by atoms with Crippen molar-refractivity contribution in [1.29, 1.82) is 0 Å². The Morgan fingerprint density at radius 2 is 1.68 bits per heavy atom. The molecule has 2 aromatic carbocycles. The van der Waals surface area contributed by atoms with Gasteiger partial charge in [-0.25, -0.2) is 0 Å². The third-order valence-corrected chi connectivity index (χ3v) is 4.73. The van der Waals surface area contributed by atoms with E-state index >= 15 is 0 Å². The van der Waals surface area contributed by atoms with E-state index in [4.69, 9.17) is 27.9 Å². The highest BCUT2D eigenvalue weighted by atomic mass is 35.5. The fraction of sp³-hybridized carbons (Fsp3) is 0.316. The van der Waals surface area contributed by atoms with Crippen LogP contribution in [0.25, 0.3) is 0 Å². The van der Waals surface area contributed by atoms with Crippen molar-refractivity contribution in [3.05, 3.63) is 58.6 Å². The number of hydrogen-bond donors (Lipinski definition) is 0. The maximum Gasteiger partial charge on any atom is 0.263 e. The largest absolute Gasteiger partial charge is 0.481 e. The van der Waals surface area contributed by atoms with Crippen molar-refractivity contribution < 1.29 is 9.53 Å². The molecule has 1 saturated heterocycles. The average molecular weight is 379 g/mol. The van der Waals surface area contributed by atoms with E-state index in [1.807, 2.05) is 29.2 Å². The molecule has 1 fully saturated rings. The molecule has 132 valence electrons. The van der Waals surface area contributed by atoms with Crippen LogP contribution in [-0.4, -0.2) is 43.1 Å². The molecule has 1 atom stereocenters. The fourth-order valence-electron chi connectivity index (χ4n) is 2.89. The van der Waals surface area contributed by atoms with Crippen molar-refractivity contribution in [1.82, 2.24) is 4.90 Å². The number of anilines is 1. The van der Waals surface area contributed by atoms with E-state index in [1.54, 1.807) is 31.2 Å². The number of ether oxygens (including phenoxy) is 1. The van der Waals surface area contributed by atoms with Crippen molar-refractivity contribution in [2.45, 2.75) is 13.0 Å². The van der Waals surface area contributed by atoms with Gasteiger partial charge in [0.25, 0.3) is 5.91 Å². The van der Waals surface area contributed by atoms with Gasteiger partial charge in [-0.1, -0.05) is 29.3 Å². The van der Waals surface area contributed by atoms with Crippen LogP contribution in [0.4, 0.5) is 5.69 Å².